The molecule has 0 radical (unpaired) electrons. The maximum absolute atomic E-state index is 12.1. The molecule has 0 aromatic carbocycles. The maximum atomic E-state index is 12.1. The van der Waals surface area contributed by atoms with Crippen LogP contribution < -0.4 is 5.32 Å². The van der Waals surface area contributed by atoms with E-state index in [1.54, 1.807) is 48.7 Å². The fourth-order valence-electron chi connectivity index (χ4n) is 1.30. The van der Waals surface area contributed by atoms with Crippen molar-refractivity contribution in [3.8, 4) is 0 Å². The van der Waals surface area contributed by atoms with E-state index >= 15 is 0 Å². The Morgan fingerprint density at radius 2 is 1.29 bits per heavy atom. The first kappa shape index (κ1) is 24.9. The van der Waals surface area contributed by atoms with Crippen LogP contribution in [0.5, 0.6) is 0 Å². The number of imide groups is 1. The van der Waals surface area contributed by atoms with E-state index < -0.39 is 23.4 Å². The first-order chi connectivity index (χ1) is 10.5. The molecule has 8 heteroatoms. The van der Waals surface area contributed by atoms with Crippen LogP contribution >= 0.6 is 0 Å². The van der Waals surface area contributed by atoms with Gasteiger partial charge in [-0.25, -0.2) is 9.59 Å². The van der Waals surface area contributed by atoms with Gasteiger partial charge in [0.1, 0.15) is 11.2 Å². The average Bonchev–Trinajstić information content (AvgIpc) is 2.33. The van der Waals surface area contributed by atoms with Crippen molar-refractivity contribution in [2.24, 2.45) is 0 Å². The predicted octanol–water partition coefficient (Wildman–Crippen LogP) is 2.96. The zero-order valence-corrected chi connectivity index (χ0v) is 15.2. The molecule has 0 fully saturated rings. The van der Waals surface area contributed by atoms with Crippen molar-refractivity contribution in [1.82, 2.24) is 10.4 Å². The van der Waals surface area contributed by atoms with Gasteiger partial charge in [-0.05, 0) is 41.5 Å². The summed E-state index contributed by atoms with van der Waals surface area (Å²) in [7, 11) is 1.60. The van der Waals surface area contributed by atoms with Gasteiger partial charge in [-0.1, -0.05) is 12.5 Å². The Morgan fingerprint density at radius 3 is 1.67 bits per heavy atom. The Balaban J connectivity index is 0. The van der Waals surface area contributed by atoms with Crippen LogP contribution in [-0.2, 0) is 19.0 Å². The fraction of sp³-hybridized carbons (Fsp3) is 0.875. The second-order valence-corrected chi connectivity index (χ2v) is 6.83. The number of hydroxylamine groups is 2. The topological polar surface area (TPSA) is 86.3 Å². The number of methoxy groups -OCH3 is 1. The minimum Gasteiger partial charge on any atom is -0.442 e. The summed E-state index contributed by atoms with van der Waals surface area (Å²) < 4.78 is 15.2. The van der Waals surface area contributed by atoms with Gasteiger partial charge in [0.15, 0.2) is 0 Å². The van der Waals surface area contributed by atoms with Gasteiger partial charge in [-0.3, -0.25) is 4.84 Å². The molecule has 0 bridgehead atoms. The second kappa shape index (κ2) is 11.2. The maximum Gasteiger partial charge on any atom is 0.444 e. The second-order valence-electron chi connectivity index (χ2n) is 6.83. The van der Waals surface area contributed by atoms with E-state index in [-0.39, 0.29) is 14.0 Å². The molecule has 144 valence electrons. The van der Waals surface area contributed by atoms with Crippen molar-refractivity contribution in [3.63, 3.8) is 0 Å². The molecule has 2 amide bonds. The lowest BCUT2D eigenvalue weighted by Crippen LogP contribution is -2.44. The van der Waals surface area contributed by atoms with Crippen molar-refractivity contribution in [2.45, 2.75) is 60.2 Å². The third-order valence-electron chi connectivity index (χ3n) is 2.10. The smallest absolute Gasteiger partial charge is 0.442 e. The first-order valence-corrected chi connectivity index (χ1v) is 7.55. The van der Waals surface area contributed by atoms with E-state index in [2.05, 4.69) is 5.32 Å². The van der Waals surface area contributed by atoms with E-state index in [9.17, 15) is 9.59 Å². The number of ether oxygens (including phenoxy) is 3. The molecular formula is C16H34N2O6. The summed E-state index contributed by atoms with van der Waals surface area (Å²) in [4.78, 5) is 29.4. The molecule has 0 heterocycles. The number of nitrogens with one attached hydrogen (secondary N) is 1. The third kappa shape index (κ3) is 13.1. The van der Waals surface area contributed by atoms with Crippen molar-refractivity contribution >= 4 is 12.2 Å². The summed E-state index contributed by atoms with van der Waals surface area (Å²) in [6.45, 7) is 11.9. The molecule has 0 spiro atoms. The molecule has 0 aliphatic carbocycles. The van der Waals surface area contributed by atoms with E-state index in [1.165, 1.54) is 0 Å². The molecular weight excluding hydrogens is 316 g/mol. The van der Waals surface area contributed by atoms with Gasteiger partial charge in [-0.15, -0.1) is 0 Å². The number of hydrogen-bond acceptors (Lipinski definition) is 7. The van der Waals surface area contributed by atoms with Gasteiger partial charge in [0, 0.05) is 20.2 Å². The highest BCUT2D eigenvalue weighted by atomic mass is 16.8. The molecule has 0 aromatic rings. The lowest BCUT2D eigenvalue weighted by atomic mass is 10.2. The lowest BCUT2D eigenvalue weighted by molar-refractivity contribution is -0.137. The van der Waals surface area contributed by atoms with Gasteiger partial charge in [-0.2, -0.15) is 0 Å². The summed E-state index contributed by atoms with van der Waals surface area (Å²) in [6, 6.07) is 0. The Kier molecular flexibility index (Phi) is 11.6. The number of nitrogens with zero attached hydrogens (tertiary/aromatic N) is 1. The highest BCUT2D eigenvalue weighted by Gasteiger charge is 2.32. The third-order valence-corrected chi connectivity index (χ3v) is 2.10. The van der Waals surface area contributed by atoms with Crippen molar-refractivity contribution in [1.29, 1.82) is 0 Å². The van der Waals surface area contributed by atoms with E-state index in [1.807, 2.05) is 0 Å². The molecule has 0 aliphatic rings. The van der Waals surface area contributed by atoms with Gasteiger partial charge in [0.2, 0.25) is 0 Å². The normalized spacial score (nSPS) is 11.5. The van der Waals surface area contributed by atoms with Crippen molar-refractivity contribution in [3.05, 3.63) is 0 Å². The molecule has 0 saturated heterocycles. The molecule has 0 unspecified atom stereocenters. The standard InChI is InChI=1S/C15H30N2O6.CH4/c1-14(2,3)22-12(18)17(13(19)23-15(4,5)6)21-11-9-16-8-10-20-7;/h16H,8-11H2,1-7H3;1H4. The van der Waals surface area contributed by atoms with Gasteiger partial charge in [0.25, 0.3) is 0 Å². The molecule has 0 rings (SSSR count). The monoisotopic (exact) mass is 350 g/mol. The zero-order chi connectivity index (χ0) is 18.1. The van der Waals surface area contributed by atoms with Crippen LogP contribution in [0.1, 0.15) is 49.0 Å². The average molecular weight is 350 g/mol. The lowest BCUT2D eigenvalue weighted by Gasteiger charge is -2.27. The summed E-state index contributed by atoms with van der Waals surface area (Å²) in [5.74, 6) is 0. The van der Waals surface area contributed by atoms with Crippen LogP contribution in [-0.4, -0.2) is 61.9 Å². The first-order valence-electron chi connectivity index (χ1n) is 7.55. The Hall–Kier alpha value is -1.38. The van der Waals surface area contributed by atoms with Crippen LogP contribution in [0.15, 0.2) is 0 Å². The van der Waals surface area contributed by atoms with Crippen molar-refractivity contribution in [2.75, 3.05) is 33.4 Å². The van der Waals surface area contributed by atoms with Crippen LogP contribution in [0, 0.1) is 0 Å². The molecule has 0 atom stereocenters. The number of carbonyl (C=O) groups is 2. The summed E-state index contributed by atoms with van der Waals surface area (Å²) in [5, 5.41) is 3.54. The van der Waals surface area contributed by atoms with Crippen LogP contribution in [0.25, 0.3) is 0 Å². The SMILES string of the molecule is C.COCCNCCON(C(=O)OC(C)(C)C)C(=O)OC(C)(C)C. The predicted molar refractivity (Wildman–Crippen MR) is 91.7 cm³/mol. The minimum atomic E-state index is -0.913. The largest absolute Gasteiger partial charge is 0.444 e. The number of amides is 2. The number of carbonyl (C=O) groups excluding carboxylic acids is 2. The van der Waals surface area contributed by atoms with E-state index in [0.717, 1.165) is 0 Å². The highest BCUT2D eigenvalue weighted by molar-refractivity contribution is 5.86. The van der Waals surface area contributed by atoms with Gasteiger partial charge in [0.05, 0.1) is 13.2 Å². The number of rotatable bonds is 7. The Morgan fingerprint density at radius 1 is 0.875 bits per heavy atom. The van der Waals surface area contributed by atoms with Crippen LogP contribution in [0.2, 0.25) is 0 Å². The Bertz CT molecular complexity index is 346. The molecule has 0 saturated carbocycles. The minimum absolute atomic E-state index is 0. The van der Waals surface area contributed by atoms with Gasteiger partial charge < -0.3 is 19.5 Å². The quantitative estimate of drug-likeness (QED) is 0.558. The summed E-state index contributed by atoms with van der Waals surface area (Å²) >= 11 is 0. The highest BCUT2D eigenvalue weighted by Crippen LogP contribution is 2.14. The molecule has 1 N–H and O–H groups in total. The summed E-state index contributed by atoms with van der Waals surface area (Å²) in [6.07, 6.45) is -1.83. The van der Waals surface area contributed by atoms with E-state index in [4.69, 9.17) is 19.0 Å². The number of hydrogen-bond donors (Lipinski definition) is 1. The molecule has 0 aromatic heterocycles. The van der Waals surface area contributed by atoms with Crippen LogP contribution in [0.4, 0.5) is 9.59 Å². The van der Waals surface area contributed by atoms with Gasteiger partial charge >= 0.3 is 12.2 Å². The molecule has 0 aliphatic heterocycles. The zero-order valence-electron chi connectivity index (χ0n) is 15.2. The van der Waals surface area contributed by atoms with E-state index in [0.29, 0.717) is 24.8 Å². The fourth-order valence-corrected chi connectivity index (χ4v) is 1.30. The molecule has 24 heavy (non-hydrogen) atoms. The summed E-state index contributed by atoms with van der Waals surface area (Å²) in [5.41, 5.74) is -1.51. The van der Waals surface area contributed by atoms with Crippen molar-refractivity contribution < 1.29 is 28.6 Å². The van der Waals surface area contributed by atoms with Crippen LogP contribution in [0.3, 0.4) is 0 Å². The molecule has 8 nitrogen and oxygen atoms in total. The Labute approximate surface area is 145 Å².